The van der Waals surface area contributed by atoms with E-state index in [-0.39, 0.29) is 6.04 Å². The van der Waals surface area contributed by atoms with Gasteiger partial charge in [0, 0.05) is 6.04 Å². The van der Waals surface area contributed by atoms with Gasteiger partial charge in [-0.25, -0.2) is 0 Å². The van der Waals surface area contributed by atoms with E-state index in [0.717, 1.165) is 11.5 Å². The summed E-state index contributed by atoms with van der Waals surface area (Å²) in [5.74, 6) is 0.737. The Morgan fingerprint density at radius 2 is 1.75 bits per heavy atom. The first-order chi connectivity index (χ1) is 7.68. The topological polar surface area (TPSA) is 46.2 Å². The number of hydrogen-bond acceptors (Lipinski definition) is 2. The van der Waals surface area contributed by atoms with E-state index in [1.165, 1.54) is 31.2 Å². The zero-order valence-electron chi connectivity index (χ0n) is 9.89. The number of nitrogens with two attached hydrogens (primary N) is 1. The van der Waals surface area contributed by atoms with Crippen molar-refractivity contribution >= 4 is 0 Å². The van der Waals surface area contributed by atoms with Crippen LogP contribution in [0.4, 0.5) is 0 Å². The lowest BCUT2D eigenvalue weighted by atomic mass is 9.95. The fraction of sp³-hybridized carbons (Fsp3) is 0.571. The smallest absolute Gasteiger partial charge is 0.0938 e. The molecule has 2 atom stereocenters. The minimum atomic E-state index is -0.544. The molecule has 16 heavy (non-hydrogen) atoms. The van der Waals surface area contributed by atoms with Crippen LogP contribution in [0.5, 0.6) is 0 Å². The predicted octanol–water partition coefficient (Wildman–Crippen LogP) is 2.72. The van der Waals surface area contributed by atoms with Crippen LogP contribution in [0.25, 0.3) is 0 Å². The molecule has 2 nitrogen and oxygen atoms in total. The molecule has 1 fully saturated rings. The number of aliphatic hydroxyl groups excluding tert-OH is 1. The normalized spacial score (nSPS) is 20.9. The van der Waals surface area contributed by atoms with E-state index in [2.05, 4.69) is 12.1 Å². The summed E-state index contributed by atoms with van der Waals surface area (Å²) in [6, 6.07) is 8.12. The highest BCUT2D eigenvalue weighted by Gasteiger charge is 2.18. The van der Waals surface area contributed by atoms with Gasteiger partial charge in [-0.3, -0.25) is 0 Å². The van der Waals surface area contributed by atoms with Gasteiger partial charge < -0.3 is 10.8 Å². The lowest BCUT2D eigenvalue weighted by Gasteiger charge is -2.16. The molecule has 1 aromatic rings. The molecule has 1 saturated carbocycles. The fourth-order valence-corrected chi connectivity index (χ4v) is 2.53. The Morgan fingerprint density at radius 1 is 1.19 bits per heavy atom. The van der Waals surface area contributed by atoms with E-state index in [1.54, 1.807) is 0 Å². The van der Waals surface area contributed by atoms with E-state index >= 15 is 0 Å². The maximum atomic E-state index is 9.83. The number of aliphatic hydroxyl groups is 1. The average Bonchev–Trinajstić information content (AvgIpc) is 2.81. The first kappa shape index (κ1) is 11.6. The van der Waals surface area contributed by atoms with Gasteiger partial charge >= 0.3 is 0 Å². The molecule has 0 amide bonds. The van der Waals surface area contributed by atoms with E-state index < -0.39 is 6.10 Å². The lowest BCUT2D eigenvalue weighted by Crippen LogP contribution is -2.24. The van der Waals surface area contributed by atoms with E-state index in [4.69, 9.17) is 5.73 Å². The van der Waals surface area contributed by atoms with E-state index in [1.807, 2.05) is 19.1 Å². The van der Waals surface area contributed by atoms with Gasteiger partial charge in [-0.1, -0.05) is 37.1 Å². The van der Waals surface area contributed by atoms with Gasteiger partial charge in [-0.05, 0) is 36.8 Å². The van der Waals surface area contributed by atoms with Crippen molar-refractivity contribution in [3.05, 3.63) is 35.4 Å². The molecular weight excluding hydrogens is 198 g/mol. The van der Waals surface area contributed by atoms with Gasteiger partial charge in [-0.2, -0.15) is 0 Å². The van der Waals surface area contributed by atoms with Crippen molar-refractivity contribution in [2.24, 2.45) is 5.73 Å². The predicted molar refractivity (Wildman–Crippen MR) is 66.3 cm³/mol. The molecule has 2 rings (SSSR count). The third kappa shape index (κ3) is 2.45. The molecule has 0 spiro atoms. The van der Waals surface area contributed by atoms with Crippen molar-refractivity contribution < 1.29 is 5.11 Å². The van der Waals surface area contributed by atoms with Crippen LogP contribution in [-0.2, 0) is 0 Å². The Labute approximate surface area is 97.5 Å². The van der Waals surface area contributed by atoms with Gasteiger partial charge in [-0.15, -0.1) is 0 Å². The Kier molecular flexibility index (Phi) is 3.62. The molecule has 0 aliphatic heterocycles. The van der Waals surface area contributed by atoms with Crippen LogP contribution in [0.1, 0.15) is 55.8 Å². The largest absolute Gasteiger partial charge is 0.387 e. The summed E-state index contributed by atoms with van der Waals surface area (Å²) in [5, 5.41) is 9.83. The molecule has 88 valence electrons. The summed E-state index contributed by atoms with van der Waals surface area (Å²) < 4.78 is 0. The number of rotatable bonds is 3. The highest BCUT2D eigenvalue weighted by atomic mass is 16.3. The maximum Gasteiger partial charge on any atom is 0.0938 e. The zero-order valence-corrected chi connectivity index (χ0v) is 9.89. The van der Waals surface area contributed by atoms with Crippen LogP contribution in [0, 0.1) is 0 Å². The Bertz CT molecular complexity index is 304. The van der Waals surface area contributed by atoms with Gasteiger partial charge in [0.1, 0.15) is 0 Å². The summed E-state index contributed by atoms with van der Waals surface area (Å²) in [6.45, 7) is 1.83. The molecule has 1 aliphatic rings. The van der Waals surface area contributed by atoms with Crippen LogP contribution in [0.15, 0.2) is 24.3 Å². The summed E-state index contributed by atoms with van der Waals surface area (Å²) in [7, 11) is 0. The molecule has 0 aromatic heterocycles. The summed E-state index contributed by atoms with van der Waals surface area (Å²) >= 11 is 0. The van der Waals surface area contributed by atoms with Crippen LogP contribution < -0.4 is 5.73 Å². The van der Waals surface area contributed by atoms with Crippen LogP contribution in [-0.4, -0.2) is 11.1 Å². The third-order valence-electron chi connectivity index (χ3n) is 3.60. The van der Waals surface area contributed by atoms with Gasteiger partial charge in [0.25, 0.3) is 0 Å². The highest BCUT2D eigenvalue weighted by molar-refractivity contribution is 5.27. The average molecular weight is 219 g/mol. The molecule has 1 aromatic carbocycles. The van der Waals surface area contributed by atoms with Crippen molar-refractivity contribution in [1.29, 1.82) is 0 Å². The fourth-order valence-electron chi connectivity index (χ4n) is 2.53. The monoisotopic (exact) mass is 219 g/mol. The number of hydrogen-bond donors (Lipinski definition) is 2. The minimum absolute atomic E-state index is 0.211. The van der Waals surface area contributed by atoms with E-state index in [9.17, 15) is 5.11 Å². The van der Waals surface area contributed by atoms with Crippen molar-refractivity contribution in [3.8, 4) is 0 Å². The molecule has 0 heterocycles. The van der Waals surface area contributed by atoms with E-state index in [0.29, 0.717) is 0 Å². The molecule has 3 N–H and O–H groups in total. The third-order valence-corrected chi connectivity index (χ3v) is 3.60. The Balaban J connectivity index is 2.09. The van der Waals surface area contributed by atoms with Crippen LogP contribution in [0.3, 0.4) is 0 Å². The number of benzene rings is 1. The summed E-state index contributed by atoms with van der Waals surface area (Å²) in [4.78, 5) is 0. The standard InChI is InChI=1S/C14H21NO/c1-10(15)14(16)13-8-6-12(7-9-13)11-4-2-3-5-11/h6-11,14,16H,2-5,15H2,1H3. The molecule has 2 heteroatoms. The van der Waals surface area contributed by atoms with Crippen LogP contribution in [0.2, 0.25) is 0 Å². The molecule has 0 bridgehead atoms. The first-order valence-electron chi connectivity index (χ1n) is 6.22. The van der Waals surface area contributed by atoms with Crippen molar-refractivity contribution in [2.75, 3.05) is 0 Å². The Morgan fingerprint density at radius 3 is 2.25 bits per heavy atom. The Hall–Kier alpha value is -0.860. The second-order valence-corrected chi connectivity index (χ2v) is 4.95. The quantitative estimate of drug-likeness (QED) is 0.821. The zero-order chi connectivity index (χ0) is 11.5. The SMILES string of the molecule is CC(N)C(O)c1ccc(C2CCCC2)cc1. The first-order valence-corrected chi connectivity index (χ1v) is 6.22. The molecule has 1 aliphatic carbocycles. The lowest BCUT2D eigenvalue weighted by molar-refractivity contribution is 0.153. The second kappa shape index (κ2) is 4.98. The summed E-state index contributed by atoms with van der Waals surface area (Å²) in [6.07, 6.45) is 4.80. The molecule has 0 saturated heterocycles. The van der Waals surface area contributed by atoms with Crippen LogP contribution >= 0.6 is 0 Å². The minimum Gasteiger partial charge on any atom is -0.387 e. The second-order valence-electron chi connectivity index (χ2n) is 4.95. The van der Waals surface area contributed by atoms with Crippen molar-refractivity contribution in [3.63, 3.8) is 0 Å². The highest BCUT2D eigenvalue weighted by Crippen LogP contribution is 2.34. The van der Waals surface area contributed by atoms with Gasteiger partial charge in [0.15, 0.2) is 0 Å². The van der Waals surface area contributed by atoms with Crippen molar-refractivity contribution in [1.82, 2.24) is 0 Å². The molecule has 2 unspecified atom stereocenters. The van der Waals surface area contributed by atoms with Gasteiger partial charge in [0.2, 0.25) is 0 Å². The van der Waals surface area contributed by atoms with Crippen molar-refractivity contribution in [2.45, 2.75) is 50.7 Å². The van der Waals surface area contributed by atoms with Gasteiger partial charge in [0.05, 0.1) is 6.10 Å². The molecule has 0 radical (unpaired) electrons. The molecular formula is C14H21NO. The summed E-state index contributed by atoms with van der Waals surface area (Å²) in [5.41, 5.74) is 8.02. The maximum absolute atomic E-state index is 9.83.